The quantitative estimate of drug-likeness (QED) is 0.567. The number of rotatable bonds is 7. The van der Waals surface area contributed by atoms with E-state index in [0.29, 0.717) is 6.61 Å². The van der Waals surface area contributed by atoms with Crippen molar-refractivity contribution in [2.75, 3.05) is 44.1 Å². The molecule has 0 radical (unpaired) electrons. The minimum atomic E-state index is 0.647. The van der Waals surface area contributed by atoms with Gasteiger partial charge in [0.1, 0.15) is 6.61 Å². The van der Waals surface area contributed by atoms with Gasteiger partial charge in [-0.3, -0.25) is 0 Å². The molecule has 0 aliphatic carbocycles. The molecule has 0 N–H and O–H groups in total. The molecule has 2 aromatic rings. The van der Waals surface area contributed by atoms with Crippen molar-refractivity contribution >= 4 is 11.4 Å². The van der Waals surface area contributed by atoms with Crippen LogP contribution in [-0.4, -0.2) is 34.3 Å². The molecule has 2 rings (SSSR count). The molecule has 0 spiro atoms. The van der Waals surface area contributed by atoms with Crippen molar-refractivity contribution in [2.45, 2.75) is 0 Å². The molecule has 3 nitrogen and oxygen atoms in total. The summed E-state index contributed by atoms with van der Waals surface area (Å²) < 4.78 is 5.17. The zero-order valence-electron chi connectivity index (χ0n) is 13.6. The third kappa shape index (κ3) is 4.04. The van der Waals surface area contributed by atoms with E-state index in [9.17, 15) is 0 Å². The van der Waals surface area contributed by atoms with Crippen molar-refractivity contribution in [3.8, 4) is 11.1 Å². The number of ether oxygens (including phenoxy) is 1. The van der Waals surface area contributed by atoms with Crippen LogP contribution in [0.4, 0.5) is 11.4 Å². The molecule has 116 valence electrons. The zero-order chi connectivity index (χ0) is 15.9. The summed E-state index contributed by atoms with van der Waals surface area (Å²) in [6.45, 7) is 5.03. The van der Waals surface area contributed by atoms with E-state index in [0.717, 1.165) is 6.54 Å². The predicted molar refractivity (Wildman–Crippen MR) is 95.6 cm³/mol. The average molecular weight is 296 g/mol. The second kappa shape index (κ2) is 7.55. The van der Waals surface area contributed by atoms with E-state index < -0.39 is 0 Å². The fourth-order valence-corrected chi connectivity index (χ4v) is 2.26. The van der Waals surface area contributed by atoms with Crippen molar-refractivity contribution in [1.82, 2.24) is 0 Å². The number of anilines is 2. The van der Waals surface area contributed by atoms with Crippen molar-refractivity contribution < 1.29 is 4.74 Å². The normalized spacial score (nSPS) is 10.1. The Morgan fingerprint density at radius 3 is 1.82 bits per heavy atom. The Morgan fingerprint density at radius 2 is 1.36 bits per heavy atom. The van der Waals surface area contributed by atoms with Gasteiger partial charge in [0.25, 0.3) is 0 Å². The van der Waals surface area contributed by atoms with Crippen LogP contribution >= 0.6 is 0 Å². The number of nitrogens with zero attached hydrogens (tertiary/aromatic N) is 2. The molecule has 0 heterocycles. The van der Waals surface area contributed by atoms with E-state index in [1.807, 2.05) is 0 Å². The highest BCUT2D eigenvalue weighted by molar-refractivity contribution is 5.68. The lowest BCUT2D eigenvalue weighted by atomic mass is 10.0. The number of benzene rings is 2. The van der Waals surface area contributed by atoms with Gasteiger partial charge in [-0.15, -0.1) is 0 Å². The smallest absolute Gasteiger partial charge is 0.105 e. The monoisotopic (exact) mass is 296 g/mol. The maximum absolute atomic E-state index is 5.17. The van der Waals surface area contributed by atoms with Gasteiger partial charge in [0, 0.05) is 32.5 Å². The summed E-state index contributed by atoms with van der Waals surface area (Å²) in [6.07, 6.45) is 1.48. The fourth-order valence-electron chi connectivity index (χ4n) is 2.26. The molecule has 22 heavy (non-hydrogen) atoms. The van der Waals surface area contributed by atoms with E-state index in [2.05, 4.69) is 86.1 Å². The zero-order valence-corrected chi connectivity index (χ0v) is 13.6. The Morgan fingerprint density at radius 1 is 0.864 bits per heavy atom. The van der Waals surface area contributed by atoms with Crippen molar-refractivity contribution in [3.63, 3.8) is 0 Å². The van der Waals surface area contributed by atoms with Gasteiger partial charge in [-0.05, 0) is 35.4 Å². The molecule has 0 atom stereocenters. The van der Waals surface area contributed by atoms with E-state index in [1.165, 1.54) is 28.8 Å². The maximum Gasteiger partial charge on any atom is 0.105 e. The highest BCUT2D eigenvalue weighted by Crippen LogP contribution is 2.24. The highest BCUT2D eigenvalue weighted by Gasteiger charge is 2.03. The Balaban J connectivity index is 2.06. The molecular formula is C19H24N2O. The molecule has 0 aliphatic rings. The first-order valence-electron chi connectivity index (χ1n) is 7.43. The van der Waals surface area contributed by atoms with Gasteiger partial charge in [-0.1, -0.05) is 30.8 Å². The highest BCUT2D eigenvalue weighted by atomic mass is 16.5. The molecule has 0 aliphatic heterocycles. The lowest BCUT2D eigenvalue weighted by molar-refractivity contribution is 0.259. The Labute approximate surface area is 133 Å². The van der Waals surface area contributed by atoms with Crippen LogP contribution in [0.3, 0.4) is 0 Å². The molecular weight excluding hydrogens is 272 g/mol. The second-order valence-electron chi connectivity index (χ2n) is 5.45. The van der Waals surface area contributed by atoms with Gasteiger partial charge in [0.15, 0.2) is 0 Å². The fraction of sp³-hybridized carbons (Fsp3) is 0.263. The van der Waals surface area contributed by atoms with E-state index in [1.54, 1.807) is 0 Å². The predicted octanol–water partition coefficient (Wildman–Crippen LogP) is 4.02. The average Bonchev–Trinajstić information content (AvgIpc) is 2.55. The van der Waals surface area contributed by atoms with Crippen LogP contribution in [0.1, 0.15) is 0 Å². The van der Waals surface area contributed by atoms with Crippen LogP contribution < -0.4 is 9.80 Å². The van der Waals surface area contributed by atoms with E-state index in [-0.39, 0.29) is 0 Å². The molecule has 0 saturated carbocycles. The lowest BCUT2D eigenvalue weighted by Crippen LogP contribution is -2.21. The van der Waals surface area contributed by atoms with Crippen molar-refractivity contribution in [1.29, 1.82) is 0 Å². The number of hydrogen-bond acceptors (Lipinski definition) is 3. The summed E-state index contributed by atoms with van der Waals surface area (Å²) in [5.74, 6) is 0. The van der Waals surface area contributed by atoms with Gasteiger partial charge >= 0.3 is 0 Å². The molecule has 0 aromatic heterocycles. The summed E-state index contributed by atoms with van der Waals surface area (Å²) in [7, 11) is 6.17. The summed E-state index contributed by atoms with van der Waals surface area (Å²) in [5, 5.41) is 0. The van der Waals surface area contributed by atoms with Crippen LogP contribution in [-0.2, 0) is 4.74 Å². The topological polar surface area (TPSA) is 15.7 Å². The van der Waals surface area contributed by atoms with Gasteiger partial charge < -0.3 is 14.5 Å². The van der Waals surface area contributed by atoms with E-state index >= 15 is 0 Å². The summed E-state index contributed by atoms with van der Waals surface area (Å²) in [5.41, 5.74) is 4.85. The number of hydrogen-bond donors (Lipinski definition) is 0. The van der Waals surface area contributed by atoms with Crippen LogP contribution in [0.5, 0.6) is 0 Å². The summed E-state index contributed by atoms with van der Waals surface area (Å²) >= 11 is 0. The first kappa shape index (κ1) is 16.0. The minimum Gasteiger partial charge on any atom is -0.500 e. The Hall–Kier alpha value is -2.42. The lowest BCUT2D eigenvalue weighted by Gasteiger charge is -2.19. The van der Waals surface area contributed by atoms with Crippen LogP contribution in [0, 0.1) is 0 Å². The van der Waals surface area contributed by atoms with Gasteiger partial charge in [-0.25, -0.2) is 0 Å². The first-order chi connectivity index (χ1) is 10.6. The summed E-state index contributed by atoms with van der Waals surface area (Å²) in [4.78, 5) is 4.27. The molecule has 0 saturated heterocycles. The standard InChI is InChI=1S/C19H24N2O/c1-5-22-15-14-21(4)19-12-8-17(9-13-19)16-6-10-18(11-7-16)20(2)3/h5-13H,1,14-15H2,2-4H3. The minimum absolute atomic E-state index is 0.647. The molecule has 0 bridgehead atoms. The third-order valence-electron chi connectivity index (χ3n) is 3.69. The largest absolute Gasteiger partial charge is 0.500 e. The van der Waals surface area contributed by atoms with Crippen molar-refractivity contribution in [2.24, 2.45) is 0 Å². The number of likely N-dealkylation sites (N-methyl/N-ethyl adjacent to an activating group) is 1. The van der Waals surface area contributed by atoms with Crippen LogP contribution in [0.25, 0.3) is 11.1 Å². The van der Waals surface area contributed by atoms with E-state index in [4.69, 9.17) is 4.74 Å². The first-order valence-corrected chi connectivity index (χ1v) is 7.43. The second-order valence-corrected chi connectivity index (χ2v) is 5.45. The molecule has 2 aromatic carbocycles. The molecule has 0 fully saturated rings. The third-order valence-corrected chi connectivity index (χ3v) is 3.69. The summed E-state index contributed by atoms with van der Waals surface area (Å²) in [6, 6.07) is 17.2. The van der Waals surface area contributed by atoms with Gasteiger partial charge in [0.2, 0.25) is 0 Å². The van der Waals surface area contributed by atoms with Gasteiger partial charge in [-0.2, -0.15) is 0 Å². The SMILES string of the molecule is C=COCCN(C)c1ccc(-c2ccc(N(C)C)cc2)cc1. The Bertz CT molecular complexity index is 588. The molecule has 0 amide bonds. The maximum atomic E-state index is 5.17. The molecule has 3 heteroatoms. The Kier molecular flexibility index (Phi) is 5.48. The van der Waals surface area contributed by atoms with Crippen molar-refractivity contribution in [3.05, 3.63) is 61.4 Å². The van der Waals surface area contributed by atoms with Crippen LogP contribution in [0.2, 0.25) is 0 Å². The molecule has 0 unspecified atom stereocenters. The van der Waals surface area contributed by atoms with Gasteiger partial charge in [0.05, 0.1) is 12.8 Å². The van der Waals surface area contributed by atoms with Crippen LogP contribution in [0.15, 0.2) is 61.4 Å².